The molecule has 1 amide bonds. The van der Waals surface area contributed by atoms with E-state index in [0.29, 0.717) is 29.1 Å². The van der Waals surface area contributed by atoms with Crippen LogP contribution in [0, 0.1) is 5.41 Å². The van der Waals surface area contributed by atoms with Crippen molar-refractivity contribution in [1.29, 1.82) is 0 Å². The van der Waals surface area contributed by atoms with E-state index in [1.54, 1.807) is 11.0 Å². The average Bonchev–Trinajstić information content (AvgIpc) is 2.50. The summed E-state index contributed by atoms with van der Waals surface area (Å²) in [5, 5.41) is 3.60. The van der Waals surface area contributed by atoms with Gasteiger partial charge in [-0.3, -0.25) is 0 Å². The number of ether oxygens (including phenoxy) is 1. The number of nitrogens with one attached hydrogen (secondary N) is 1. The molecule has 2 heterocycles. The molecule has 1 aromatic rings. The topological polar surface area (TPSA) is 75.7 Å². The fourth-order valence-electron chi connectivity index (χ4n) is 3.15. The molecule has 0 aliphatic carbocycles. The van der Waals surface area contributed by atoms with E-state index >= 15 is 0 Å². The normalized spacial score (nSPS) is 19.8. The quantitative estimate of drug-likeness (QED) is 0.879. The van der Waals surface area contributed by atoms with Gasteiger partial charge in [0.1, 0.15) is 6.61 Å². The Balaban J connectivity index is 1.57. The maximum atomic E-state index is 12.2. The van der Waals surface area contributed by atoms with Gasteiger partial charge in [0.25, 0.3) is 0 Å². The molecule has 6 nitrogen and oxygen atoms in total. The van der Waals surface area contributed by atoms with Crippen molar-refractivity contribution in [1.82, 2.24) is 10.2 Å². The van der Waals surface area contributed by atoms with E-state index in [4.69, 9.17) is 16.3 Å². The second kappa shape index (κ2) is 6.54. The fourth-order valence-corrected chi connectivity index (χ4v) is 4.18. The Bertz CT molecular complexity index is 736. The van der Waals surface area contributed by atoms with E-state index in [-0.39, 0.29) is 17.6 Å². The number of piperidine rings is 1. The summed E-state index contributed by atoms with van der Waals surface area (Å²) >= 11 is 5.95. The van der Waals surface area contributed by atoms with Gasteiger partial charge in [0.05, 0.1) is 4.90 Å². The van der Waals surface area contributed by atoms with Crippen molar-refractivity contribution >= 4 is 27.5 Å². The lowest BCUT2D eigenvalue weighted by Crippen LogP contribution is -2.58. The summed E-state index contributed by atoms with van der Waals surface area (Å²) < 4.78 is 28.6. The smallest absolute Gasteiger partial charge is 0.410 e. The van der Waals surface area contributed by atoms with Crippen LogP contribution in [-0.4, -0.2) is 51.8 Å². The molecule has 0 bridgehead atoms. The van der Waals surface area contributed by atoms with E-state index in [2.05, 4.69) is 5.32 Å². The van der Waals surface area contributed by atoms with Gasteiger partial charge < -0.3 is 15.0 Å². The van der Waals surface area contributed by atoms with Crippen LogP contribution in [0.15, 0.2) is 23.1 Å². The van der Waals surface area contributed by atoms with Crippen LogP contribution in [0.25, 0.3) is 0 Å². The standard InChI is InChI=1S/C16H21ClN2O4S/c1-24(21,22)14-7-12(6-13(17)8-14)9-23-15(20)19-4-2-16(3-5-19)10-18-11-16/h6-8,18H,2-5,9-11H2,1H3. The zero-order valence-corrected chi connectivity index (χ0v) is 15.1. The molecule has 2 saturated heterocycles. The highest BCUT2D eigenvalue weighted by Crippen LogP contribution is 2.35. The Morgan fingerprint density at radius 2 is 1.96 bits per heavy atom. The van der Waals surface area contributed by atoms with E-state index < -0.39 is 9.84 Å². The van der Waals surface area contributed by atoms with E-state index in [1.165, 1.54) is 12.1 Å². The highest BCUT2D eigenvalue weighted by atomic mass is 35.5. The molecule has 0 atom stereocenters. The van der Waals surface area contributed by atoms with E-state index in [0.717, 1.165) is 32.2 Å². The highest BCUT2D eigenvalue weighted by Gasteiger charge is 2.40. The molecule has 1 N–H and O–H groups in total. The largest absolute Gasteiger partial charge is 0.445 e. The zero-order valence-electron chi connectivity index (χ0n) is 13.5. The van der Waals surface area contributed by atoms with Crippen LogP contribution in [-0.2, 0) is 21.2 Å². The van der Waals surface area contributed by atoms with Crippen molar-refractivity contribution in [3.63, 3.8) is 0 Å². The summed E-state index contributed by atoms with van der Waals surface area (Å²) in [6, 6.07) is 4.48. The van der Waals surface area contributed by atoms with Crippen LogP contribution in [0.3, 0.4) is 0 Å². The Kier molecular flexibility index (Phi) is 4.77. The molecular formula is C16H21ClN2O4S. The first-order chi connectivity index (χ1) is 11.3. The maximum absolute atomic E-state index is 12.2. The van der Waals surface area contributed by atoms with Crippen LogP contribution < -0.4 is 5.32 Å². The van der Waals surface area contributed by atoms with E-state index in [9.17, 15) is 13.2 Å². The monoisotopic (exact) mass is 372 g/mol. The molecule has 3 rings (SSSR count). The molecule has 1 aromatic carbocycles. The van der Waals surface area contributed by atoms with Crippen molar-refractivity contribution < 1.29 is 17.9 Å². The third-order valence-corrected chi connectivity index (χ3v) is 6.11. The van der Waals surface area contributed by atoms with Crippen LogP contribution >= 0.6 is 11.6 Å². The van der Waals surface area contributed by atoms with Gasteiger partial charge in [-0.1, -0.05) is 11.6 Å². The SMILES string of the molecule is CS(=O)(=O)c1cc(Cl)cc(COC(=O)N2CCC3(CC2)CNC3)c1. The highest BCUT2D eigenvalue weighted by molar-refractivity contribution is 7.90. The van der Waals surface area contributed by atoms with Crippen LogP contribution in [0.1, 0.15) is 18.4 Å². The fraction of sp³-hybridized carbons (Fsp3) is 0.562. The van der Waals surface area contributed by atoms with Crippen molar-refractivity contribution in [2.24, 2.45) is 5.41 Å². The van der Waals surface area contributed by atoms with Crippen LogP contribution in [0.5, 0.6) is 0 Å². The Morgan fingerprint density at radius 3 is 2.50 bits per heavy atom. The van der Waals surface area contributed by atoms with Crippen molar-refractivity contribution in [2.45, 2.75) is 24.3 Å². The Labute approximate surface area is 147 Å². The lowest BCUT2D eigenvalue weighted by Gasteiger charge is -2.48. The minimum absolute atomic E-state index is 0.00507. The molecule has 1 spiro atoms. The molecule has 24 heavy (non-hydrogen) atoms. The Morgan fingerprint density at radius 1 is 1.29 bits per heavy atom. The molecule has 2 aliphatic rings. The number of amides is 1. The number of likely N-dealkylation sites (tertiary alicyclic amines) is 1. The van der Waals surface area contributed by atoms with Gasteiger partial charge in [0, 0.05) is 37.5 Å². The second-order valence-corrected chi connectivity index (χ2v) is 9.16. The minimum Gasteiger partial charge on any atom is -0.445 e. The number of benzene rings is 1. The molecule has 0 radical (unpaired) electrons. The molecule has 0 saturated carbocycles. The van der Waals surface area contributed by atoms with Gasteiger partial charge in [-0.05, 0) is 42.0 Å². The van der Waals surface area contributed by atoms with Gasteiger partial charge >= 0.3 is 6.09 Å². The number of rotatable bonds is 3. The molecule has 8 heteroatoms. The first kappa shape index (κ1) is 17.5. The van der Waals surface area contributed by atoms with Gasteiger partial charge in [-0.15, -0.1) is 0 Å². The number of nitrogens with zero attached hydrogens (tertiary/aromatic N) is 1. The maximum Gasteiger partial charge on any atom is 0.410 e. The van der Waals surface area contributed by atoms with Gasteiger partial charge in [0.2, 0.25) is 0 Å². The third kappa shape index (κ3) is 3.84. The number of hydrogen-bond acceptors (Lipinski definition) is 5. The summed E-state index contributed by atoms with van der Waals surface area (Å²) in [6.07, 6.45) is 2.74. The molecule has 132 valence electrons. The number of sulfone groups is 1. The second-order valence-electron chi connectivity index (χ2n) is 6.71. The van der Waals surface area contributed by atoms with Gasteiger partial charge in [0.15, 0.2) is 9.84 Å². The molecule has 2 aliphatic heterocycles. The van der Waals surface area contributed by atoms with Crippen LogP contribution in [0.4, 0.5) is 4.79 Å². The van der Waals surface area contributed by atoms with Crippen LogP contribution in [0.2, 0.25) is 5.02 Å². The summed E-state index contributed by atoms with van der Waals surface area (Å²) in [7, 11) is -3.36. The minimum atomic E-state index is -3.36. The molecular weight excluding hydrogens is 352 g/mol. The third-order valence-electron chi connectivity index (χ3n) is 4.80. The number of halogens is 1. The number of hydrogen-bond donors (Lipinski definition) is 1. The summed E-state index contributed by atoms with van der Waals surface area (Å²) in [4.78, 5) is 14.0. The number of carbonyl (C=O) groups excluding carboxylic acids is 1. The summed E-state index contributed by atoms with van der Waals surface area (Å²) in [6.45, 7) is 3.47. The molecule has 2 fully saturated rings. The first-order valence-electron chi connectivity index (χ1n) is 7.89. The number of carbonyl (C=O) groups is 1. The summed E-state index contributed by atoms with van der Waals surface area (Å²) in [5.41, 5.74) is 0.932. The first-order valence-corrected chi connectivity index (χ1v) is 10.2. The van der Waals surface area contributed by atoms with Gasteiger partial charge in [-0.25, -0.2) is 13.2 Å². The average molecular weight is 373 g/mol. The molecule has 0 unspecified atom stereocenters. The Hall–Kier alpha value is -1.31. The lowest BCUT2D eigenvalue weighted by atomic mass is 9.73. The predicted octanol–water partition coefficient (Wildman–Crippen LogP) is 2.07. The van der Waals surface area contributed by atoms with Crippen molar-refractivity contribution in [3.8, 4) is 0 Å². The summed E-state index contributed by atoms with van der Waals surface area (Å²) in [5.74, 6) is 0. The van der Waals surface area contributed by atoms with Gasteiger partial charge in [-0.2, -0.15) is 0 Å². The van der Waals surface area contributed by atoms with E-state index in [1.807, 2.05) is 0 Å². The zero-order chi connectivity index (χ0) is 17.4. The van der Waals surface area contributed by atoms with Crippen molar-refractivity contribution in [3.05, 3.63) is 28.8 Å². The molecule has 0 aromatic heterocycles. The van der Waals surface area contributed by atoms with Crippen molar-refractivity contribution in [2.75, 3.05) is 32.4 Å². The predicted molar refractivity (Wildman–Crippen MR) is 90.9 cm³/mol. The lowest BCUT2D eigenvalue weighted by molar-refractivity contribution is 0.0384.